The molecule has 3 aromatic carbocycles. The number of thiophene rings is 2. The highest BCUT2D eigenvalue weighted by atomic mass is 79.9. The summed E-state index contributed by atoms with van der Waals surface area (Å²) in [6, 6.07) is 19.3. The van der Waals surface area contributed by atoms with Crippen LogP contribution in [0, 0.1) is 9.88 Å². The van der Waals surface area contributed by atoms with E-state index >= 15 is 0 Å². The Balaban J connectivity index is 2.11. The smallest absolute Gasteiger partial charge is 0.0705 e. The van der Waals surface area contributed by atoms with Gasteiger partial charge in [-0.25, -0.2) is 0 Å². The first-order valence-corrected chi connectivity index (χ1v) is 24.2. The second kappa shape index (κ2) is 14.9. The van der Waals surface area contributed by atoms with Gasteiger partial charge in [-0.1, -0.05) is 165 Å². The van der Waals surface area contributed by atoms with Crippen molar-refractivity contribution < 1.29 is 0 Å². The minimum Gasteiger partial charge on any atom is -0.128 e. The van der Waals surface area contributed by atoms with Gasteiger partial charge in [-0.15, -0.1) is 22.7 Å². The van der Waals surface area contributed by atoms with Crippen LogP contribution in [0.1, 0.15) is 158 Å². The highest BCUT2D eigenvalue weighted by Gasteiger charge is 2.32. The van der Waals surface area contributed by atoms with Crippen molar-refractivity contribution in [2.75, 3.05) is 0 Å². The van der Waals surface area contributed by atoms with E-state index < -0.39 is 0 Å². The fourth-order valence-corrected chi connectivity index (χ4v) is 13.9. The van der Waals surface area contributed by atoms with Crippen LogP contribution in [-0.4, -0.2) is 0 Å². The number of halogens is 2. The molecule has 0 atom stereocenters. The van der Waals surface area contributed by atoms with Gasteiger partial charge in [0.2, 0.25) is 0 Å². The summed E-state index contributed by atoms with van der Waals surface area (Å²) in [5.74, 6) is 0. The summed E-state index contributed by atoms with van der Waals surface area (Å²) >= 11 is 11.4. The Morgan fingerprint density at radius 3 is 0.833 bits per heavy atom. The number of hydrogen-bond acceptors (Lipinski definition) is 2. The Labute approximate surface area is 356 Å². The third-order valence-corrected chi connectivity index (χ3v) is 16.4. The predicted molar refractivity (Wildman–Crippen MR) is 256 cm³/mol. The molecule has 6 heteroatoms. The average Bonchev–Trinajstić information content (AvgIpc) is 3.60. The second-order valence-electron chi connectivity index (χ2n) is 21.2. The van der Waals surface area contributed by atoms with Crippen molar-refractivity contribution in [1.82, 2.24) is 0 Å². The van der Waals surface area contributed by atoms with Crippen LogP contribution >= 0.6 is 70.9 Å². The van der Waals surface area contributed by atoms with Gasteiger partial charge in [0.1, 0.15) is 0 Å². The van der Waals surface area contributed by atoms with Gasteiger partial charge < -0.3 is 0 Å². The largest absolute Gasteiger partial charge is 0.128 e. The van der Waals surface area contributed by atoms with Crippen molar-refractivity contribution in [3.8, 4) is 20.9 Å². The average molecular weight is 925 g/mol. The molecule has 0 N–H and O–H groups in total. The summed E-state index contributed by atoms with van der Waals surface area (Å²) in [6.45, 7) is 43.0. The molecule has 0 nitrogen and oxygen atoms in total. The fourth-order valence-electron chi connectivity index (χ4n) is 6.89. The molecule has 0 aliphatic carbocycles. The van der Waals surface area contributed by atoms with Crippen molar-refractivity contribution >= 4 is 81.6 Å². The Morgan fingerprint density at radius 1 is 0.389 bits per heavy atom. The van der Waals surface area contributed by atoms with E-state index in [0.717, 1.165) is 0 Å². The maximum atomic E-state index is 3.85. The topological polar surface area (TPSA) is 0 Å². The Kier molecular flexibility index (Phi) is 12.2. The van der Waals surface area contributed by atoms with Gasteiger partial charge in [-0.05, 0) is 122 Å². The van der Waals surface area contributed by atoms with Gasteiger partial charge in [-0.2, -0.15) is 0 Å². The normalized spacial score (nSPS) is 14.5. The summed E-state index contributed by atoms with van der Waals surface area (Å²) in [6.07, 6.45) is 0. The van der Waals surface area contributed by atoms with E-state index in [1.54, 1.807) is 0 Å². The molecule has 5 aromatic rings. The van der Waals surface area contributed by atoms with Crippen molar-refractivity contribution in [1.29, 1.82) is 0 Å². The van der Waals surface area contributed by atoms with Crippen LogP contribution < -0.4 is 10.6 Å². The molecule has 0 saturated heterocycles. The molecular formula is C48H62Br2P2S2. The summed E-state index contributed by atoms with van der Waals surface area (Å²) in [5, 5.41) is 2.95. The van der Waals surface area contributed by atoms with Crippen LogP contribution in [0.5, 0.6) is 0 Å². The summed E-state index contributed by atoms with van der Waals surface area (Å²) in [5.41, 5.74) is 11.5. The lowest BCUT2D eigenvalue weighted by atomic mass is 9.75. The molecule has 0 fully saturated rings. The lowest BCUT2D eigenvalue weighted by Gasteiger charge is -2.33. The predicted octanol–water partition coefficient (Wildman–Crippen LogP) is 16.9. The molecule has 0 aliphatic heterocycles. The van der Waals surface area contributed by atoms with Crippen LogP contribution in [0.2, 0.25) is 0 Å². The van der Waals surface area contributed by atoms with E-state index in [4.69, 9.17) is 0 Å². The zero-order chi connectivity index (χ0) is 40.7. The van der Waals surface area contributed by atoms with E-state index in [0.29, 0.717) is 0 Å². The van der Waals surface area contributed by atoms with Crippen LogP contribution in [0.15, 0.2) is 56.1 Å². The molecule has 0 saturated carbocycles. The van der Waals surface area contributed by atoms with Gasteiger partial charge in [-0.3, -0.25) is 0 Å². The maximum absolute atomic E-state index is 3.85. The third kappa shape index (κ3) is 9.27. The number of benzene rings is 2. The fraction of sp³-hybridized carbons (Fsp3) is 0.500. The molecule has 0 unspecified atom stereocenters. The van der Waals surface area contributed by atoms with Crippen LogP contribution in [0.3, 0.4) is 0 Å². The molecule has 5 rings (SSSR count). The maximum Gasteiger partial charge on any atom is 0.0705 e. The van der Waals surface area contributed by atoms with Crippen molar-refractivity contribution in [2.45, 2.75) is 157 Å². The quantitative estimate of drug-likeness (QED) is 0.158. The first-order chi connectivity index (χ1) is 24.4. The van der Waals surface area contributed by atoms with Gasteiger partial charge in [0.05, 0.1) is 7.57 Å². The minimum absolute atomic E-state index is 0.0232. The molecule has 0 bridgehead atoms. The van der Waals surface area contributed by atoms with E-state index in [9.17, 15) is 0 Å². The molecule has 54 heavy (non-hydrogen) atoms. The van der Waals surface area contributed by atoms with Gasteiger partial charge in [0.15, 0.2) is 0 Å². The molecule has 2 aromatic heterocycles. The molecular weight excluding hydrogens is 862 g/mol. The number of hydrogen-bond donors (Lipinski definition) is 0. The molecule has 0 aliphatic rings. The Morgan fingerprint density at radius 2 is 0.648 bits per heavy atom. The lowest BCUT2D eigenvalue weighted by Crippen LogP contribution is -2.30. The highest BCUT2D eigenvalue weighted by Crippen LogP contribution is 2.50. The molecule has 0 amide bonds. The van der Waals surface area contributed by atoms with Crippen molar-refractivity contribution in [3.63, 3.8) is 0 Å². The Bertz CT molecular complexity index is 2060. The second-order valence-corrected chi connectivity index (χ2v) is 28.4. The zero-order valence-electron chi connectivity index (χ0n) is 36.1. The first kappa shape index (κ1) is 44.0. The third-order valence-electron chi connectivity index (χ3n) is 10.2. The highest BCUT2D eigenvalue weighted by molar-refractivity contribution is 9.11. The standard InChI is InChI=1S/C48H62Br2P2S2/c1-43(2,3)27-23-29(45(7,8)9)39(30(24-27)46(10,11)12)51-41-37(33-19-21-35(49)53-33)38(34-20-22-36(50)54-34)42(41)52-40-31(47(13,14)15)25-28(44(4,5)6)26-32(40)48(16,17)18/h19-26H,1-18H3. The van der Waals surface area contributed by atoms with Gasteiger partial charge in [0, 0.05) is 41.4 Å². The van der Waals surface area contributed by atoms with E-state index in [1.165, 1.54) is 98.7 Å². The first-order valence-electron chi connectivity index (χ1n) is 19.2. The molecule has 0 radical (unpaired) electrons. The van der Waals surface area contributed by atoms with E-state index in [1.807, 2.05) is 22.7 Å². The molecule has 0 spiro atoms. The lowest BCUT2D eigenvalue weighted by molar-refractivity contribution is 0.553. The summed E-state index contributed by atoms with van der Waals surface area (Å²) < 4.78 is 2.34. The van der Waals surface area contributed by atoms with Crippen LogP contribution in [0.25, 0.3) is 20.9 Å². The van der Waals surface area contributed by atoms with E-state index in [2.05, 4.69) is 205 Å². The zero-order valence-corrected chi connectivity index (χ0v) is 42.7. The molecule has 2 heterocycles. The summed E-state index contributed by atoms with van der Waals surface area (Å²) in [7, 11) is 2.56. The van der Waals surface area contributed by atoms with Gasteiger partial charge in [0.25, 0.3) is 0 Å². The number of rotatable bonds is 4. The van der Waals surface area contributed by atoms with Crippen molar-refractivity contribution in [3.05, 3.63) is 99.4 Å². The molecule has 290 valence electrons. The van der Waals surface area contributed by atoms with Crippen molar-refractivity contribution in [2.24, 2.45) is 0 Å². The van der Waals surface area contributed by atoms with Crippen LogP contribution in [-0.2, 0) is 32.5 Å². The SMILES string of the molecule is CC(C)(C)c1cc(C(C)(C)C)c(P=c2c(-c3ccc(Br)s3)c(-c3ccc(Br)s3)c2=Pc2c(C(C)(C)C)cc(C(C)(C)C)cc2C(C)(C)C)c(C(C)(C)C)c1. The Hall–Kier alpha value is -1.12. The minimum atomic E-state index is -0.0232. The van der Waals surface area contributed by atoms with Crippen LogP contribution in [0.4, 0.5) is 0 Å². The van der Waals surface area contributed by atoms with E-state index in [-0.39, 0.29) is 32.5 Å². The monoisotopic (exact) mass is 922 g/mol. The summed E-state index contributed by atoms with van der Waals surface area (Å²) in [4.78, 5) is 5.59. The van der Waals surface area contributed by atoms with Gasteiger partial charge >= 0.3 is 0 Å².